The molecule has 1 aromatic carbocycles. The second-order valence-electron chi connectivity index (χ2n) is 12.1. The van der Waals surface area contributed by atoms with Crippen LogP contribution >= 0.6 is 0 Å². The molecule has 0 spiro atoms. The Hall–Kier alpha value is -2.97. The molecule has 1 aliphatic rings. The lowest BCUT2D eigenvalue weighted by Gasteiger charge is -2.37. The van der Waals surface area contributed by atoms with Crippen LogP contribution in [0.2, 0.25) is 0 Å². The average molecular weight is 518 g/mol. The zero-order valence-electron chi connectivity index (χ0n) is 23.5. The number of piperidine rings is 1. The molecule has 0 radical (unpaired) electrons. The number of likely N-dealkylation sites (tertiary alicyclic amines) is 1. The Labute approximate surface area is 218 Å². The molecule has 1 unspecified atom stereocenters. The Kier molecular flexibility index (Phi) is 8.34. The second-order valence-corrected chi connectivity index (χ2v) is 12.1. The number of hydrogen-bond acceptors (Lipinski definition) is 7. The Morgan fingerprint density at radius 2 is 1.65 bits per heavy atom. The minimum absolute atomic E-state index is 0.0302. The SMILES string of the molecule is Cc1nc(-c2c(F)cc(C(C)C)cc2C(C(=O)OC(C)(C)C)C2CCN(C(=O)OC(C)(C)C)CC2)no1. The number of ether oxygens (including phenoxy) is 2. The highest BCUT2D eigenvalue weighted by atomic mass is 19.1. The average Bonchev–Trinajstić information content (AvgIpc) is 3.17. The molecule has 0 N–H and O–H groups in total. The minimum atomic E-state index is -0.776. The maximum Gasteiger partial charge on any atom is 0.410 e. The van der Waals surface area contributed by atoms with Crippen molar-refractivity contribution in [1.29, 1.82) is 0 Å². The van der Waals surface area contributed by atoms with Crippen molar-refractivity contribution in [2.75, 3.05) is 13.1 Å². The Balaban J connectivity index is 2.05. The molecule has 2 aromatic rings. The number of esters is 1. The third-order valence-electron chi connectivity index (χ3n) is 6.22. The summed E-state index contributed by atoms with van der Waals surface area (Å²) in [7, 11) is 0. The molecule has 1 aromatic heterocycles. The first-order valence-electron chi connectivity index (χ1n) is 12.9. The standard InChI is InChI=1S/C28H40FN3O5/c1-16(2)19-14-20(23(21(29)15-19)24-30-17(3)37-31-24)22(25(33)35-27(4,5)6)18-10-12-32(13-11-18)26(34)36-28(7,8)9/h14-16,18,22H,10-13H2,1-9H3. The summed E-state index contributed by atoms with van der Waals surface area (Å²) in [5.74, 6) is -1.49. The van der Waals surface area contributed by atoms with Crippen molar-refractivity contribution in [3.05, 3.63) is 35.0 Å². The van der Waals surface area contributed by atoms with Gasteiger partial charge in [-0.15, -0.1) is 0 Å². The summed E-state index contributed by atoms with van der Waals surface area (Å²) in [6.45, 7) is 17.3. The van der Waals surface area contributed by atoms with E-state index >= 15 is 4.39 Å². The first kappa shape index (κ1) is 28.6. The summed E-state index contributed by atoms with van der Waals surface area (Å²) in [5.41, 5.74) is 0.0562. The molecule has 1 saturated heterocycles. The molecule has 0 saturated carbocycles. The van der Waals surface area contributed by atoms with Gasteiger partial charge in [0.05, 0.1) is 11.5 Å². The predicted molar refractivity (Wildman–Crippen MR) is 138 cm³/mol. The van der Waals surface area contributed by atoms with Crippen LogP contribution in [0.25, 0.3) is 11.4 Å². The number of carbonyl (C=O) groups is 2. The van der Waals surface area contributed by atoms with Crippen LogP contribution in [0.3, 0.4) is 0 Å². The quantitative estimate of drug-likeness (QED) is 0.425. The molecule has 1 fully saturated rings. The van der Waals surface area contributed by atoms with E-state index in [1.165, 1.54) is 6.07 Å². The van der Waals surface area contributed by atoms with Crippen molar-refractivity contribution in [2.24, 2.45) is 5.92 Å². The van der Waals surface area contributed by atoms with E-state index < -0.39 is 28.9 Å². The predicted octanol–water partition coefficient (Wildman–Crippen LogP) is 6.38. The van der Waals surface area contributed by atoms with Crippen molar-refractivity contribution < 1.29 is 28.0 Å². The first-order valence-corrected chi connectivity index (χ1v) is 12.9. The van der Waals surface area contributed by atoms with Gasteiger partial charge in [0.1, 0.15) is 17.0 Å². The van der Waals surface area contributed by atoms with Crippen LogP contribution in [0.1, 0.15) is 97.1 Å². The van der Waals surface area contributed by atoms with Gasteiger partial charge in [0.15, 0.2) is 0 Å². The number of amides is 1. The summed E-state index contributed by atoms with van der Waals surface area (Å²) >= 11 is 0. The Bertz CT molecular complexity index is 1120. The van der Waals surface area contributed by atoms with Gasteiger partial charge < -0.3 is 18.9 Å². The zero-order chi connectivity index (χ0) is 27.7. The van der Waals surface area contributed by atoms with E-state index in [1.54, 1.807) is 11.8 Å². The molecular formula is C28H40FN3O5. The molecule has 1 aliphatic heterocycles. The Morgan fingerprint density at radius 3 is 2.14 bits per heavy atom. The maximum atomic E-state index is 15.7. The van der Waals surface area contributed by atoms with E-state index in [4.69, 9.17) is 14.0 Å². The summed E-state index contributed by atoms with van der Waals surface area (Å²) in [5, 5.41) is 3.97. The fourth-order valence-electron chi connectivity index (χ4n) is 4.55. The number of halogens is 1. The van der Waals surface area contributed by atoms with Crippen LogP contribution in [0.15, 0.2) is 16.7 Å². The van der Waals surface area contributed by atoms with Gasteiger partial charge in [-0.1, -0.05) is 25.1 Å². The van der Waals surface area contributed by atoms with E-state index in [1.807, 2.05) is 61.5 Å². The van der Waals surface area contributed by atoms with E-state index in [2.05, 4.69) is 10.1 Å². The van der Waals surface area contributed by atoms with E-state index in [9.17, 15) is 9.59 Å². The Morgan fingerprint density at radius 1 is 1.05 bits per heavy atom. The molecule has 204 valence electrons. The largest absolute Gasteiger partial charge is 0.459 e. The zero-order valence-corrected chi connectivity index (χ0v) is 23.5. The topological polar surface area (TPSA) is 94.8 Å². The highest BCUT2D eigenvalue weighted by molar-refractivity contribution is 5.82. The van der Waals surface area contributed by atoms with Gasteiger partial charge in [0.2, 0.25) is 11.7 Å². The van der Waals surface area contributed by atoms with Crippen molar-refractivity contribution in [2.45, 2.75) is 98.2 Å². The highest BCUT2D eigenvalue weighted by Gasteiger charge is 2.40. The van der Waals surface area contributed by atoms with Crippen LogP contribution in [-0.2, 0) is 14.3 Å². The lowest BCUT2D eigenvalue weighted by molar-refractivity contribution is -0.158. The number of benzene rings is 1. The van der Waals surface area contributed by atoms with E-state index in [0.717, 1.165) is 5.56 Å². The minimum Gasteiger partial charge on any atom is -0.459 e. The third-order valence-corrected chi connectivity index (χ3v) is 6.22. The van der Waals surface area contributed by atoms with Crippen LogP contribution < -0.4 is 0 Å². The van der Waals surface area contributed by atoms with Crippen LogP contribution in [-0.4, -0.2) is 51.4 Å². The second kappa shape index (κ2) is 10.8. The van der Waals surface area contributed by atoms with Crippen molar-refractivity contribution in [3.63, 3.8) is 0 Å². The lowest BCUT2D eigenvalue weighted by Crippen LogP contribution is -2.44. The van der Waals surface area contributed by atoms with Gasteiger partial charge in [-0.25, -0.2) is 9.18 Å². The summed E-state index contributed by atoms with van der Waals surface area (Å²) in [6.07, 6.45) is 0.679. The van der Waals surface area contributed by atoms with Crippen molar-refractivity contribution in [3.8, 4) is 11.4 Å². The first-order chi connectivity index (χ1) is 17.1. The number of hydrogen-bond donors (Lipinski definition) is 0. The fraction of sp³-hybridized carbons (Fsp3) is 0.643. The highest BCUT2D eigenvalue weighted by Crippen LogP contribution is 2.41. The number of rotatable bonds is 5. The molecule has 9 heteroatoms. The number of aromatic nitrogens is 2. The normalized spacial score (nSPS) is 16.1. The number of carbonyl (C=O) groups excluding carboxylic acids is 2. The molecular weight excluding hydrogens is 477 g/mol. The van der Waals surface area contributed by atoms with Gasteiger partial charge in [-0.3, -0.25) is 4.79 Å². The smallest absolute Gasteiger partial charge is 0.410 e. The lowest BCUT2D eigenvalue weighted by atomic mass is 9.77. The molecule has 0 bridgehead atoms. The molecule has 1 amide bonds. The fourth-order valence-corrected chi connectivity index (χ4v) is 4.55. The molecule has 37 heavy (non-hydrogen) atoms. The van der Waals surface area contributed by atoms with Gasteiger partial charge in [-0.2, -0.15) is 4.98 Å². The molecule has 1 atom stereocenters. The van der Waals surface area contributed by atoms with Gasteiger partial charge in [0, 0.05) is 20.0 Å². The van der Waals surface area contributed by atoms with Crippen LogP contribution in [0.5, 0.6) is 0 Å². The number of aryl methyl sites for hydroxylation is 1. The third kappa shape index (κ3) is 7.29. The van der Waals surface area contributed by atoms with Crippen LogP contribution in [0, 0.1) is 18.7 Å². The van der Waals surface area contributed by atoms with Gasteiger partial charge >= 0.3 is 12.1 Å². The van der Waals surface area contributed by atoms with Crippen molar-refractivity contribution in [1.82, 2.24) is 15.0 Å². The summed E-state index contributed by atoms with van der Waals surface area (Å²) in [6, 6.07) is 3.33. The van der Waals surface area contributed by atoms with Crippen LogP contribution in [0.4, 0.5) is 9.18 Å². The van der Waals surface area contributed by atoms with E-state index in [-0.39, 0.29) is 29.3 Å². The van der Waals surface area contributed by atoms with Gasteiger partial charge in [0.25, 0.3) is 0 Å². The van der Waals surface area contributed by atoms with E-state index in [0.29, 0.717) is 37.4 Å². The monoisotopic (exact) mass is 517 g/mol. The van der Waals surface area contributed by atoms with Crippen molar-refractivity contribution >= 4 is 12.1 Å². The molecule has 0 aliphatic carbocycles. The maximum absolute atomic E-state index is 15.7. The summed E-state index contributed by atoms with van der Waals surface area (Å²) < 4.78 is 32.2. The summed E-state index contributed by atoms with van der Waals surface area (Å²) in [4.78, 5) is 32.3. The number of nitrogens with zero attached hydrogens (tertiary/aromatic N) is 3. The molecule has 3 rings (SSSR count). The van der Waals surface area contributed by atoms with Gasteiger partial charge in [-0.05, 0) is 83.4 Å². The molecule has 2 heterocycles. The molecule has 8 nitrogen and oxygen atoms in total.